The standard InChI is InChI=1S/C26H30N4O2/c1-30(2)18-20-10-12-21(13-11-20)24-9-4-3-7-23(24)17-29-26(32)28-15-14-19-6-5-8-22(16-19)25(27)31/h3-13,16H,14-15,17-18H2,1-2H3,(H2,27,31)(H2,28,29,32). The van der Waals surface area contributed by atoms with Crippen LogP contribution in [0.15, 0.2) is 72.8 Å². The van der Waals surface area contributed by atoms with Crippen molar-refractivity contribution < 1.29 is 9.59 Å². The Balaban J connectivity index is 1.54. The SMILES string of the molecule is CN(C)Cc1ccc(-c2ccccc2CNC(=O)NCCc2cccc(C(N)=O)c2)cc1. The smallest absolute Gasteiger partial charge is 0.315 e. The summed E-state index contributed by atoms with van der Waals surface area (Å²) < 4.78 is 0. The van der Waals surface area contributed by atoms with Gasteiger partial charge in [-0.15, -0.1) is 0 Å². The molecule has 0 saturated heterocycles. The molecule has 166 valence electrons. The molecule has 4 N–H and O–H groups in total. The van der Waals surface area contributed by atoms with Gasteiger partial charge in [-0.05, 0) is 60.5 Å². The second kappa shape index (κ2) is 11.1. The zero-order valence-electron chi connectivity index (χ0n) is 18.6. The number of nitrogens with zero attached hydrogens (tertiary/aromatic N) is 1. The van der Waals surface area contributed by atoms with E-state index in [4.69, 9.17) is 5.73 Å². The van der Waals surface area contributed by atoms with Crippen molar-refractivity contribution in [1.29, 1.82) is 0 Å². The van der Waals surface area contributed by atoms with Crippen molar-refractivity contribution in [3.05, 3.63) is 95.1 Å². The maximum absolute atomic E-state index is 12.3. The molecular formula is C26H30N4O2. The van der Waals surface area contributed by atoms with Crippen LogP contribution in [0.4, 0.5) is 4.79 Å². The van der Waals surface area contributed by atoms with Crippen LogP contribution in [-0.2, 0) is 19.5 Å². The van der Waals surface area contributed by atoms with Gasteiger partial charge in [0.1, 0.15) is 0 Å². The van der Waals surface area contributed by atoms with E-state index in [0.717, 1.165) is 28.8 Å². The average Bonchev–Trinajstić information content (AvgIpc) is 2.78. The third kappa shape index (κ3) is 6.68. The Bertz CT molecular complexity index is 1060. The van der Waals surface area contributed by atoms with E-state index in [1.54, 1.807) is 18.2 Å². The van der Waals surface area contributed by atoms with Gasteiger partial charge in [0.15, 0.2) is 0 Å². The summed E-state index contributed by atoms with van der Waals surface area (Å²) in [6.07, 6.45) is 0.616. The number of amides is 3. The minimum atomic E-state index is -0.455. The summed E-state index contributed by atoms with van der Waals surface area (Å²) in [5.41, 5.74) is 11.3. The van der Waals surface area contributed by atoms with Crippen molar-refractivity contribution in [3.63, 3.8) is 0 Å². The van der Waals surface area contributed by atoms with Crippen LogP contribution >= 0.6 is 0 Å². The van der Waals surface area contributed by atoms with E-state index in [1.807, 2.05) is 24.3 Å². The molecule has 0 bridgehead atoms. The summed E-state index contributed by atoms with van der Waals surface area (Å²) in [5.74, 6) is -0.455. The fraction of sp³-hybridized carbons (Fsp3) is 0.231. The third-order valence-corrected chi connectivity index (χ3v) is 5.13. The molecule has 0 aliphatic heterocycles. The predicted molar refractivity (Wildman–Crippen MR) is 128 cm³/mol. The first kappa shape index (κ1) is 23.0. The molecule has 32 heavy (non-hydrogen) atoms. The van der Waals surface area contributed by atoms with Crippen molar-refractivity contribution in [3.8, 4) is 11.1 Å². The number of carbonyl (C=O) groups is 2. The molecule has 0 fully saturated rings. The molecule has 3 rings (SSSR count). The van der Waals surface area contributed by atoms with E-state index in [0.29, 0.717) is 25.1 Å². The second-order valence-corrected chi connectivity index (χ2v) is 8.02. The molecule has 0 aliphatic carbocycles. The molecule has 0 saturated carbocycles. The van der Waals surface area contributed by atoms with E-state index < -0.39 is 5.91 Å². The molecular weight excluding hydrogens is 400 g/mol. The van der Waals surface area contributed by atoms with Gasteiger partial charge in [-0.25, -0.2) is 4.79 Å². The first-order valence-electron chi connectivity index (χ1n) is 10.6. The lowest BCUT2D eigenvalue weighted by molar-refractivity contribution is 0.1000. The van der Waals surface area contributed by atoms with Gasteiger partial charge >= 0.3 is 6.03 Å². The van der Waals surface area contributed by atoms with Crippen molar-refractivity contribution >= 4 is 11.9 Å². The van der Waals surface area contributed by atoms with Crippen molar-refractivity contribution in [2.24, 2.45) is 5.73 Å². The van der Waals surface area contributed by atoms with Crippen LogP contribution in [0.25, 0.3) is 11.1 Å². The fourth-order valence-corrected chi connectivity index (χ4v) is 3.55. The molecule has 0 aromatic heterocycles. The van der Waals surface area contributed by atoms with Crippen LogP contribution in [0.5, 0.6) is 0 Å². The maximum Gasteiger partial charge on any atom is 0.315 e. The third-order valence-electron chi connectivity index (χ3n) is 5.13. The highest BCUT2D eigenvalue weighted by Crippen LogP contribution is 2.24. The van der Waals surface area contributed by atoms with Crippen LogP contribution in [0.3, 0.4) is 0 Å². The Labute approximate surface area is 189 Å². The van der Waals surface area contributed by atoms with Gasteiger partial charge in [-0.1, -0.05) is 60.7 Å². The monoisotopic (exact) mass is 430 g/mol. The minimum Gasteiger partial charge on any atom is -0.366 e. The number of urea groups is 1. The van der Waals surface area contributed by atoms with Crippen molar-refractivity contribution in [1.82, 2.24) is 15.5 Å². The van der Waals surface area contributed by atoms with E-state index in [-0.39, 0.29) is 6.03 Å². The van der Waals surface area contributed by atoms with Crippen molar-refractivity contribution in [2.45, 2.75) is 19.5 Å². The number of nitrogens with two attached hydrogens (primary N) is 1. The van der Waals surface area contributed by atoms with Crippen LogP contribution in [0.2, 0.25) is 0 Å². The van der Waals surface area contributed by atoms with Gasteiger partial charge < -0.3 is 21.3 Å². The highest BCUT2D eigenvalue weighted by atomic mass is 16.2. The van der Waals surface area contributed by atoms with Gasteiger partial charge in [0.05, 0.1) is 0 Å². The number of rotatable bonds is 9. The van der Waals surface area contributed by atoms with E-state index in [2.05, 4.69) is 60.0 Å². The van der Waals surface area contributed by atoms with Gasteiger partial charge in [0.2, 0.25) is 5.91 Å². The molecule has 0 spiro atoms. The van der Waals surface area contributed by atoms with Crippen LogP contribution in [0, 0.1) is 0 Å². The molecule has 0 radical (unpaired) electrons. The van der Waals surface area contributed by atoms with Crippen LogP contribution < -0.4 is 16.4 Å². The topological polar surface area (TPSA) is 87.5 Å². The summed E-state index contributed by atoms with van der Waals surface area (Å²) in [6.45, 7) is 1.79. The Kier molecular flexibility index (Phi) is 8.00. The number of hydrogen-bond donors (Lipinski definition) is 3. The second-order valence-electron chi connectivity index (χ2n) is 8.02. The number of primary amides is 1. The molecule has 0 aliphatic rings. The van der Waals surface area contributed by atoms with Gasteiger partial charge in [-0.3, -0.25) is 4.79 Å². The van der Waals surface area contributed by atoms with E-state index in [1.165, 1.54) is 5.56 Å². The van der Waals surface area contributed by atoms with E-state index in [9.17, 15) is 9.59 Å². The lowest BCUT2D eigenvalue weighted by atomic mass is 9.98. The zero-order chi connectivity index (χ0) is 22.9. The molecule has 3 amide bonds. The van der Waals surface area contributed by atoms with Gasteiger partial charge in [0, 0.05) is 25.2 Å². The number of benzene rings is 3. The molecule has 3 aromatic rings. The Morgan fingerprint density at radius 1 is 0.875 bits per heavy atom. The number of hydrogen-bond acceptors (Lipinski definition) is 3. The zero-order valence-corrected chi connectivity index (χ0v) is 18.6. The summed E-state index contributed by atoms with van der Waals surface area (Å²) >= 11 is 0. The lowest BCUT2D eigenvalue weighted by Crippen LogP contribution is -2.36. The molecule has 6 heteroatoms. The van der Waals surface area contributed by atoms with Gasteiger partial charge in [0.25, 0.3) is 0 Å². The minimum absolute atomic E-state index is 0.229. The summed E-state index contributed by atoms with van der Waals surface area (Å²) in [5, 5.41) is 5.80. The molecule has 0 atom stereocenters. The molecule has 6 nitrogen and oxygen atoms in total. The van der Waals surface area contributed by atoms with Crippen LogP contribution in [0.1, 0.15) is 27.0 Å². The lowest BCUT2D eigenvalue weighted by Gasteiger charge is -2.13. The molecule has 0 heterocycles. The summed E-state index contributed by atoms with van der Waals surface area (Å²) in [7, 11) is 4.11. The Morgan fingerprint density at radius 2 is 1.62 bits per heavy atom. The van der Waals surface area contributed by atoms with Gasteiger partial charge in [-0.2, -0.15) is 0 Å². The average molecular weight is 431 g/mol. The molecule has 3 aromatic carbocycles. The summed E-state index contributed by atoms with van der Waals surface area (Å²) in [6, 6.07) is 23.5. The van der Waals surface area contributed by atoms with Crippen LogP contribution in [-0.4, -0.2) is 37.5 Å². The predicted octanol–water partition coefficient (Wildman–Crippen LogP) is 3.56. The highest BCUT2D eigenvalue weighted by molar-refractivity contribution is 5.92. The Hall–Kier alpha value is -3.64. The fourth-order valence-electron chi connectivity index (χ4n) is 3.55. The normalized spacial score (nSPS) is 10.7. The first-order valence-corrected chi connectivity index (χ1v) is 10.6. The highest BCUT2D eigenvalue weighted by Gasteiger charge is 2.08. The number of nitrogens with one attached hydrogen (secondary N) is 2. The number of carbonyl (C=O) groups excluding carboxylic acids is 2. The van der Waals surface area contributed by atoms with Crippen molar-refractivity contribution in [2.75, 3.05) is 20.6 Å². The summed E-state index contributed by atoms with van der Waals surface area (Å²) in [4.78, 5) is 25.7. The quantitative estimate of drug-likeness (QED) is 0.485. The molecule has 0 unspecified atom stereocenters. The maximum atomic E-state index is 12.3. The Morgan fingerprint density at radius 3 is 2.34 bits per heavy atom. The largest absolute Gasteiger partial charge is 0.366 e. The van der Waals surface area contributed by atoms with E-state index >= 15 is 0 Å². The first-order chi connectivity index (χ1) is 15.4.